The molecule has 0 aliphatic carbocycles. The van der Waals surface area contributed by atoms with E-state index in [0.29, 0.717) is 28.5 Å². The molecule has 0 bridgehead atoms. The molecule has 1 aromatic heterocycles. The minimum atomic E-state index is -0.938. The van der Waals surface area contributed by atoms with Gasteiger partial charge in [0, 0.05) is 5.69 Å². The molecule has 7 nitrogen and oxygen atoms in total. The van der Waals surface area contributed by atoms with Gasteiger partial charge >= 0.3 is 0 Å². The van der Waals surface area contributed by atoms with Gasteiger partial charge in [0.25, 0.3) is 11.7 Å². The Morgan fingerprint density at radius 1 is 1.03 bits per heavy atom. The van der Waals surface area contributed by atoms with Crippen LogP contribution in [0.2, 0.25) is 0 Å². The SMILES string of the molecule is COc1ccccc1/C(O)=C1/C(=O)C(=O)N(c2ccc(OC(C)C)cc2)C1c1ccco1. The van der Waals surface area contributed by atoms with Crippen LogP contribution in [-0.2, 0) is 9.59 Å². The zero-order valence-electron chi connectivity index (χ0n) is 17.9. The quantitative estimate of drug-likeness (QED) is 0.344. The summed E-state index contributed by atoms with van der Waals surface area (Å²) in [7, 11) is 1.47. The highest BCUT2D eigenvalue weighted by Crippen LogP contribution is 2.43. The summed E-state index contributed by atoms with van der Waals surface area (Å²) >= 11 is 0. The summed E-state index contributed by atoms with van der Waals surface area (Å²) in [5.41, 5.74) is 0.714. The number of para-hydroxylation sites is 1. The number of hydrogen-bond donors (Lipinski definition) is 1. The average Bonchev–Trinajstić information content (AvgIpc) is 3.41. The molecule has 1 fully saturated rings. The number of aliphatic hydroxyl groups is 1. The number of benzene rings is 2. The van der Waals surface area contributed by atoms with E-state index in [9.17, 15) is 14.7 Å². The molecular formula is C25H23NO6. The van der Waals surface area contributed by atoms with Gasteiger partial charge in [-0.15, -0.1) is 0 Å². The summed E-state index contributed by atoms with van der Waals surface area (Å²) in [6, 6.07) is 16.0. The Morgan fingerprint density at radius 2 is 1.75 bits per heavy atom. The third-order valence-corrected chi connectivity index (χ3v) is 5.11. The van der Waals surface area contributed by atoms with Gasteiger partial charge in [-0.05, 0) is 62.4 Å². The highest BCUT2D eigenvalue weighted by atomic mass is 16.5. The zero-order chi connectivity index (χ0) is 22.8. The van der Waals surface area contributed by atoms with E-state index in [1.807, 2.05) is 13.8 Å². The molecule has 0 spiro atoms. The lowest BCUT2D eigenvalue weighted by molar-refractivity contribution is -0.132. The maximum atomic E-state index is 13.1. The number of amides is 1. The van der Waals surface area contributed by atoms with Crippen LogP contribution >= 0.6 is 0 Å². The number of carbonyl (C=O) groups is 2. The van der Waals surface area contributed by atoms with Crippen molar-refractivity contribution in [3.63, 3.8) is 0 Å². The van der Waals surface area contributed by atoms with Gasteiger partial charge in [0.2, 0.25) is 0 Å². The number of Topliss-reactive ketones (excluding diaryl/α,β-unsaturated/α-hetero) is 1. The summed E-state index contributed by atoms with van der Waals surface area (Å²) in [4.78, 5) is 27.5. The lowest BCUT2D eigenvalue weighted by atomic mass is 9.98. The van der Waals surface area contributed by atoms with Gasteiger partial charge < -0.3 is 19.0 Å². The smallest absolute Gasteiger partial charge is 0.300 e. The summed E-state index contributed by atoms with van der Waals surface area (Å²) in [6.45, 7) is 3.84. The summed E-state index contributed by atoms with van der Waals surface area (Å²) in [5, 5.41) is 11.1. The van der Waals surface area contributed by atoms with Crippen LogP contribution in [-0.4, -0.2) is 30.0 Å². The molecule has 0 radical (unpaired) electrons. The largest absolute Gasteiger partial charge is 0.507 e. The Hall–Kier alpha value is -4.00. The Kier molecular flexibility index (Phi) is 5.73. The first-order chi connectivity index (χ1) is 15.4. The van der Waals surface area contributed by atoms with Crippen LogP contribution in [0, 0.1) is 0 Å². The highest BCUT2D eigenvalue weighted by Gasteiger charge is 2.48. The number of hydrogen-bond acceptors (Lipinski definition) is 6. The molecule has 0 saturated carbocycles. The van der Waals surface area contributed by atoms with Gasteiger partial charge in [-0.2, -0.15) is 0 Å². The third-order valence-electron chi connectivity index (χ3n) is 5.11. The lowest BCUT2D eigenvalue weighted by Crippen LogP contribution is -2.29. The molecule has 1 aliphatic heterocycles. The minimum absolute atomic E-state index is 0.000880. The van der Waals surface area contributed by atoms with E-state index >= 15 is 0 Å². The van der Waals surface area contributed by atoms with Crippen LogP contribution in [0.15, 0.2) is 76.9 Å². The second kappa shape index (κ2) is 8.63. The molecule has 1 atom stereocenters. The lowest BCUT2D eigenvalue weighted by Gasteiger charge is -2.24. The van der Waals surface area contributed by atoms with Crippen molar-refractivity contribution in [2.45, 2.75) is 26.0 Å². The maximum Gasteiger partial charge on any atom is 0.300 e. The van der Waals surface area contributed by atoms with Gasteiger partial charge in [0.05, 0.1) is 30.6 Å². The monoisotopic (exact) mass is 433 g/mol. The second-order valence-corrected chi connectivity index (χ2v) is 7.55. The summed E-state index contributed by atoms with van der Waals surface area (Å²) in [6.07, 6.45) is 1.46. The summed E-state index contributed by atoms with van der Waals surface area (Å²) in [5.74, 6) is -0.529. The van der Waals surface area contributed by atoms with Crippen molar-refractivity contribution in [3.8, 4) is 11.5 Å². The van der Waals surface area contributed by atoms with E-state index < -0.39 is 17.7 Å². The molecule has 32 heavy (non-hydrogen) atoms. The molecule has 1 unspecified atom stereocenters. The van der Waals surface area contributed by atoms with Crippen molar-refractivity contribution in [1.82, 2.24) is 0 Å². The van der Waals surface area contributed by atoms with Crippen molar-refractivity contribution in [2.24, 2.45) is 0 Å². The molecule has 1 saturated heterocycles. The van der Waals surface area contributed by atoms with Crippen molar-refractivity contribution in [3.05, 3.63) is 83.8 Å². The van der Waals surface area contributed by atoms with Crippen LogP contribution in [0.1, 0.15) is 31.2 Å². The number of rotatable bonds is 6. The Bertz CT molecular complexity index is 1160. The fourth-order valence-electron chi connectivity index (χ4n) is 3.76. The molecule has 1 amide bonds. The van der Waals surface area contributed by atoms with Crippen LogP contribution in [0.4, 0.5) is 5.69 Å². The zero-order valence-corrected chi connectivity index (χ0v) is 17.9. The molecule has 2 aromatic carbocycles. The first-order valence-corrected chi connectivity index (χ1v) is 10.2. The fourth-order valence-corrected chi connectivity index (χ4v) is 3.76. The molecule has 7 heteroatoms. The van der Waals surface area contributed by atoms with Crippen molar-refractivity contribution < 1.29 is 28.6 Å². The van der Waals surface area contributed by atoms with Crippen molar-refractivity contribution in [2.75, 3.05) is 12.0 Å². The minimum Gasteiger partial charge on any atom is -0.507 e. The molecule has 1 aliphatic rings. The van der Waals surface area contributed by atoms with E-state index in [4.69, 9.17) is 13.9 Å². The number of ether oxygens (including phenoxy) is 2. The average molecular weight is 433 g/mol. The predicted octanol–water partition coefficient (Wildman–Crippen LogP) is 4.70. The van der Waals surface area contributed by atoms with Crippen LogP contribution in [0.3, 0.4) is 0 Å². The molecule has 4 rings (SSSR count). The fraction of sp³-hybridized carbons (Fsp3) is 0.200. The Morgan fingerprint density at radius 3 is 2.38 bits per heavy atom. The number of furan rings is 1. The van der Waals surface area contributed by atoms with Crippen LogP contribution in [0.25, 0.3) is 5.76 Å². The van der Waals surface area contributed by atoms with E-state index in [2.05, 4.69) is 0 Å². The first kappa shape index (κ1) is 21.2. The number of methoxy groups -OCH3 is 1. The normalized spacial score (nSPS) is 17.8. The molecular weight excluding hydrogens is 410 g/mol. The molecule has 2 heterocycles. The highest BCUT2D eigenvalue weighted by molar-refractivity contribution is 6.51. The van der Waals surface area contributed by atoms with Gasteiger partial charge in [-0.3, -0.25) is 14.5 Å². The number of carbonyl (C=O) groups excluding carboxylic acids is 2. The standard InChI is InChI=1S/C25H23NO6/c1-15(2)32-17-12-10-16(11-13-17)26-22(20-9-6-14-31-20)21(24(28)25(26)29)23(27)18-7-4-5-8-19(18)30-3/h4-15,22,27H,1-3H3/b23-21-. The second-order valence-electron chi connectivity index (χ2n) is 7.55. The van der Waals surface area contributed by atoms with Gasteiger partial charge in [0.1, 0.15) is 29.1 Å². The Labute approximate surface area is 185 Å². The van der Waals surface area contributed by atoms with Gasteiger partial charge in [-0.1, -0.05) is 12.1 Å². The molecule has 164 valence electrons. The molecule has 1 N–H and O–H groups in total. The van der Waals surface area contributed by atoms with Gasteiger partial charge in [0.15, 0.2) is 0 Å². The maximum absolute atomic E-state index is 13.1. The van der Waals surface area contributed by atoms with E-state index in [1.54, 1.807) is 60.7 Å². The van der Waals surface area contributed by atoms with E-state index in [0.717, 1.165) is 0 Å². The number of nitrogens with zero attached hydrogens (tertiary/aromatic N) is 1. The number of ketones is 1. The topological polar surface area (TPSA) is 89.2 Å². The first-order valence-electron chi connectivity index (χ1n) is 10.2. The van der Waals surface area contributed by atoms with Gasteiger partial charge in [-0.25, -0.2) is 0 Å². The van der Waals surface area contributed by atoms with Crippen molar-refractivity contribution in [1.29, 1.82) is 0 Å². The summed E-state index contributed by atoms with van der Waals surface area (Å²) < 4.78 is 16.6. The number of anilines is 1. The van der Waals surface area contributed by atoms with E-state index in [-0.39, 0.29) is 17.4 Å². The molecule has 3 aromatic rings. The van der Waals surface area contributed by atoms with E-state index in [1.165, 1.54) is 18.3 Å². The Balaban J connectivity index is 1.85. The van der Waals surface area contributed by atoms with Crippen molar-refractivity contribution >= 4 is 23.1 Å². The van der Waals surface area contributed by atoms with Crippen LogP contribution < -0.4 is 14.4 Å². The number of aliphatic hydroxyl groups excluding tert-OH is 1. The predicted molar refractivity (Wildman–Crippen MR) is 119 cm³/mol. The third kappa shape index (κ3) is 3.73. The van der Waals surface area contributed by atoms with Crippen LogP contribution in [0.5, 0.6) is 11.5 Å².